The van der Waals surface area contributed by atoms with Crippen LogP contribution in [0.3, 0.4) is 0 Å². The van der Waals surface area contributed by atoms with Crippen molar-refractivity contribution in [1.29, 1.82) is 0 Å². The van der Waals surface area contributed by atoms with E-state index in [-0.39, 0.29) is 19.0 Å². The van der Waals surface area contributed by atoms with Crippen LogP contribution in [0.2, 0.25) is 0 Å². The molecule has 0 saturated heterocycles. The summed E-state index contributed by atoms with van der Waals surface area (Å²) in [4.78, 5) is 26.0. The van der Waals surface area contributed by atoms with Gasteiger partial charge in [-0.25, -0.2) is 4.79 Å². The van der Waals surface area contributed by atoms with E-state index in [1.165, 1.54) is 0 Å². The van der Waals surface area contributed by atoms with E-state index in [4.69, 9.17) is 9.47 Å². The number of esters is 1. The van der Waals surface area contributed by atoms with E-state index in [9.17, 15) is 9.59 Å². The lowest BCUT2D eigenvalue weighted by Gasteiger charge is -2.09. The van der Waals surface area contributed by atoms with Crippen LogP contribution in [0.4, 0.5) is 0 Å². The number of para-hydroxylation sites is 1. The van der Waals surface area contributed by atoms with Crippen molar-refractivity contribution in [3.05, 3.63) is 53.9 Å². The largest absolute Gasteiger partial charge is 0.482 e. The summed E-state index contributed by atoms with van der Waals surface area (Å²) in [5.41, 5.74) is 1.44. The van der Waals surface area contributed by atoms with Crippen LogP contribution in [-0.2, 0) is 16.0 Å². The molecule has 1 aromatic heterocycles. The van der Waals surface area contributed by atoms with Crippen molar-refractivity contribution < 1.29 is 19.1 Å². The highest BCUT2D eigenvalue weighted by atomic mass is 16.6. The SMILES string of the molecule is CCc1ccccc1OCC(=O)OCC(=O)c1ccc[nH]1. The van der Waals surface area contributed by atoms with Gasteiger partial charge in [0.2, 0.25) is 5.78 Å². The average Bonchev–Trinajstić information content (AvgIpc) is 3.05. The number of Topliss-reactive ketones (excluding diaryl/α,β-unsaturated/α-hetero) is 1. The number of ether oxygens (including phenoxy) is 2. The van der Waals surface area contributed by atoms with E-state index in [0.29, 0.717) is 11.4 Å². The number of rotatable bonds is 7. The second-order valence-electron chi connectivity index (χ2n) is 4.42. The molecule has 0 fully saturated rings. The van der Waals surface area contributed by atoms with Gasteiger partial charge in [-0.1, -0.05) is 25.1 Å². The van der Waals surface area contributed by atoms with Crippen molar-refractivity contribution in [3.63, 3.8) is 0 Å². The summed E-state index contributed by atoms with van der Waals surface area (Å²) < 4.78 is 10.3. The molecule has 0 aliphatic rings. The van der Waals surface area contributed by atoms with Crippen molar-refractivity contribution >= 4 is 11.8 Å². The summed E-state index contributed by atoms with van der Waals surface area (Å²) in [6.45, 7) is 1.50. The number of nitrogens with one attached hydrogen (secondary N) is 1. The smallest absolute Gasteiger partial charge is 0.344 e. The molecule has 1 N–H and O–H groups in total. The molecule has 1 aromatic carbocycles. The summed E-state index contributed by atoms with van der Waals surface area (Å²) in [6, 6.07) is 10.8. The molecule has 21 heavy (non-hydrogen) atoms. The maximum absolute atomic E-state index is 11.6. The van der Waals surface area contributed by atoms with Crippen molar-refractivity contribution in [2.45, 2.75) is 13.3 Å². The highest BCUT2D eigenvalue weighted by molar-refractivity contribution is 5.96. The zero-order chi connectivity index (χ0) is 15.1. The number of hydrogen-bond acceptors (Lipinski definition) is 4. The normalized spacial score (nSPS) is 10.1. The zero-order valence-electron chi connectivity index (χ0n) is 11.8. The molecular weight excluding hydrogens is 270 g/mol. The van der Waals surface area contributed by atoms with Gasteiger partial charge in [-0.15, -0.1) is 0 Å². The van der Waals surface area contributed by atoms with Gasteiger partial charge in [0.05, 0.1) is 5.69 Å². The molecule has 0 spiro atoms. The molecule has 0 bridgehead atoms. The van der Waals surface area contributed by atoms with Gasteiger partial charge in [0, 0.05) is 6.20 Å². The molecule has 0 amide bonds. The standard InChI is InChI=1S/C16H17NO4/c1-2-12-6-3-4-8-15(12)20-11-16(19)21-10-14(18)13-7-5-9-17-13/h3-9,17H,2,10-11H2,1H3. The minimum Gasteiger partial charge on any atom is -0.482 e. The van der Waals surface area contributed by atoms with Crippen LogP contribution in [0.5, 0.6) is 5.75 Å². The molecule has 5 nitrogen and oxygen atoms in total. The second kappa shape index (κ2) is 7.28. The van der Waals surface area contributed by atoms with Gasteiger partial charge in [-0.05, 0) is 30.2 Å². The fraction of sp³-hybridized carbons (Fsp3) is 0.250. The number of aromatic nitrogens is 1. The number of aryl methyl sites for hydroxylation is 1. The summed E-state index contributed by atoms with van der Waals surface area (Å²) in [5.74, 6) is -0.184. The lowest BCUT2D eigenvalue weighted by atomic mass is 10.1. The summed E-state index contributed by atoms with van der Waals surface area (Å²) in [5, 5.41) is 0. The van der Waals surface area contributed by atoms with Crippen molar-refractivity contribution in [2.75, 3.05) is 13.2 Å². The Morgan fingerprint density at radius 1 is 1.10 bits per heavy atom. The maximum atomic E-state index is 11.6. The molecule has 0 unspecified atom stereocenters. The van der Waals surface area contributed by atoms with Crippen LogP contribution in [-0.4, -0.2) is 30.0 Å². The molecule has 110 valence electrons. The highest BCUT2D eigenvalue weighted by Gasteiger charge is 2.11. The van der Waals surface area contributed by atoms with Crippen LogP contribution in [0.15, 0.2) is 42.6 Å². The molecule has 2 aromatic rings. The van der Waals surface area contributed by atoms with Crippen LogP contribution in [0.1, 0.15) is 23.0 Å². The molecule has 0 atom stereocenters. The Bertz CT molecular complexity index is 604. The van der Waals surface area contributed by atoms with Crippen molar-refractivity contribution in [2.24, 2.45) is 0 Å². The number of carbonyl (C=O) groups is 2. The fourth-order valence-corrected chi connectivity index (χ4v) is 1.84. The molecule has 0 saturated carbocycles. The minimum atomic E-state index is -0.569. The predicted molar refractivity (Wildman–Crippen MR) is 77.4 cm³/mol. The summed E-state index contributed by atoms with van der Waals surface area (Å²) in [6.07, 6.45) is 2.45. The monoisotopic (exact) mass is 287 g/mol. The number of ketones is 1. The van der Waals surface area contributed by atoms with Gasteiger partial charge in [0.25, 0.3) is 0 Å². The number of H-pyrrole nitrogens is 1. The van der Waals surface area contributed by atoms with E-state index >= 15 is 0 Å². The van der Waals surface area contributed by atoms with Gasteiger partial charge in [-0.3, -0.25) is 4.79 Å². The third kappa shape index (κ3) is 4.21. The molecule has 0 aliphatic heterocycles. The lowest BCUT2D eigenvalue weighted by molar-refractivity contribution is -0.144. The Labute approximate surface area is 122 Å². The lowest BCUT2D eigenvalue weighted by Crippen LogP contribution is -2.20. The van der Waals surface area contributed by atoms with Gasteiger partial charge < -0.3 is 14.5 Å². The molecule has 1 heterocycles. The van der Waals surface area contributed by atoms with Crippen molar-refractivity contribution in [1.82, 2.24) is 4.98 Å². The van der Waals surface area contributed by atoms with E-state index in [1.807, 2.05) is 25.1 Å². The maximum Gasteiger partial charge on any atom is 0.344 e. The van der Waals surface area contributed by atoms with E-state index in [2.05, 4.69) is 4.98 Å². The van der Waals surface area contributed by atoms with Gasteiger partial charge in [-0.2, -0.15) is 0 Å². The van der Waals surface area contributed by atoms with Crippen LogP contribution in [0.25, 0.3) is 0 Å². The van der Waals surface area contributed by atoms with E-state index in [1.54, 1.807) is 24.4 Å². The van der Waals surface area contributed by atoms with Crippen LogP contribution >= 0.6 is 0 Å². The molecule has 5 heteroatoms. The Morgan fingerprint density at radius 2 is 1.90 bits per heavy atom. The first-order valence-electron chi connectivity index (χ1n) is 6.73. The van der Waals surface area contributed by atoms with Crippen molar-refractivity contribution in [3.8, 4) is 5.75 Å². The molecule has 2 rings (SSSR count). The van der Waals surface area contributed by atoms with E-state index in [0.717, 1.165) is 12.0 Å². The first kappa shape index (κ1) is 14.8. The fourth-order valence-electron chi connectivity index (χ4n) is 1.84. The topological polar surface area (TPSA) is 68.4 Å². The van der Waals surface area contributed by atoms with Gasteiger partial charge >= 0.3 is 5.97 Å². The first-order chi connectivity index (χ1) is 10.2. The zero-order valence-corrected chi connectivity index (χ0v) is 11.8. The number of hydrogen-bond donors (Lipinski definition) is 1. The Morgan fingerprint density at radius 3 is 2.62 bits per heavy atom. The third-order valence-corrected chi connectivity index (χ3v) is 2.96. The number of aromatic amines is 1. The Balaban J connectivity index is 1.78. The molecular formula is C16H17NO4. The minimum absolute atomic E-state index is 0.213. The molecule has 0 aliphatic carbocycles. The Hall–Kier alpha value is -2.56. The van der Waals surface area contributed by atoms with Crippen LogP contribution in [0, 0.1) is 0 Å². The second-order valence-corrected chi connectivity index (χ2v) is 4.42. The van der Waals surface area contributed by atoms with E-state index < -0.39 is 5.97 Å². The quantitative estimate of drug-likeness (QED) is 0.627. The first-order valence-corrected chi connectivity index (χ1v) is 6.73. The predicted octanol–water partition coefficient (Wildman–Crippen LogP) is 2.38. The third-order valence-electron chi connectivity index (χ3n) is 2.96. The molecule has 0 radical (unpaired) electrons. The summed E-state index contributed by atoms with van der Waals surface area (Å²) in [7, 11) is 0. The number of benzene rings is 1. The average molecular weight is 287 g/mol. The Kier molecular flexibility index (Phi) is 5.15. The van der Waals surface area contributed by atoms with Crippen LogP contribution < -0.4 is 4.74 Å². The highest BCUT2D eigenvalue weighted by Crippen LogP contribution is 2.18. The van der Waals surface area contributed by atoms with Gasteiger partial charge in [0.15, 0.2) is 13.2 Å². The number of carbonyl (C=O) groups excluding carboxylic acids is 2. The summed E-state index contributed by atoms with van der Waals surface area (Å²) >= 11 is 0. The van der Waals surface area contributed by atoms with Gasteiger partial charge in [0.1, 0.15) is 5.75 Å².